The molecule has 3 fully saturated rings. The van der Waals surface area contributed by atoms with E-state index in [0.29, 0.717) is 11.8 Å². The van der Waals surface area contributed by atoms with Gasteiger partial charge in [0.05, 0.1) is 17.6 Å². The summed E-state index contributed by atoms with van der Waals surface area (Å²) in [5, 5.41) is 10.5. The molecule has 28 heavy (non-hydrogen) atoms. The summed E-state index contributed by atoms with van der Waals surface area (Å²) in [6.07, 6.45) is 12.6. The minimum Gasteiger partial charge on any atom is -0.356 e. The van der Waals surface area contributed by atoms with E-state index in [1.807, 2.05) is 12.3 Å². The Morgan fingerprint density at radius 2 is 1.96 bits per heavy atom. The molecule has 1 amide bonds. The quantitative estimate of drug-likeness (QED) is 0.828. The van der Waals surface area contributed by atoms with Crippen LogP contribution in [0.15, 0.2) is 18.5 Å². The monoisotopic (exact) mass is 380 g/mol. The van der Waals surface area contributed by atoms with E-state index in [0.717, 1.165) is 74.6 Å². The molecule has 2 N–H and O–H groups in total. The smallest absolute Gasteiger partial charge is 0.227 e. The molecule has 3 aliphatic rings. The van der Waals surface area contributed by atoms with E-state index >= 15 is 0 Å². The summed E-state index contributed by atoms with van der Waals surface area (Å²) < 4.78 is 0. The lowest BCUT2D eigenvalue weighted by Crippen LogP contribution is -2.35. The summed E-state index contributed by atoms with van der Waals surface area (Å²) in [6.45, 7) is 1.89. The fraction of sp³-hybridized carbons (Fsp3) is 0.619. The predicted molar refractivity (Wildman–Crippen MR) is 107 cm³/mol. The van der Waals surface area contributed by atoms with Gasteiger partial charge in [-0.3, -0.25) is 9.89 Å². The van der Waals surface area contributed by atoms with E-state index < -0.39 is 0 Å². The molecule has 2 saturated carbocycles. The topological polar surface area (TPSA) is 86.8 Å². The van der Waals surface area contributed by atoms with Crippen LogP contribution in [-0.2, 0) is 4.79 Å². The molecular weight excluding hydrogens is 352 g/mol. The summed E-state index contributed by atoms with van der Waals surface area (Å²) in [5.41, 5.74) is 1.90. The standard InChI is InChI=1S/C21H28N6O/c28-21(15-4-1-2-5-15)24-17-12-23-26-19(17)16-6-3-11-27(13-16)18-9-10-22-20(25-18)14-7-8-14/h9-10,12,14-16H,1-8,11,13H2,(H,23,26)(H,24,28)/t16-/m1/s1. The molecule has 2 aromatic heterocycles. The third-order valence-electron chi connectivity index (χ3n) is 6.41. The number of aromatic amines is 1. The molecule has 7 nitrogen and oxygen atoms in total. The Bertz CT molecular complexity index is 839. The van der Waals surface area contributed by atoms with Crippen molar-refractivity contribution >= 4 is 17.4 Å². The molecule has 0 spiro atoms. The van der Waals surface area contributed by atoms with E-state index in [1.165, 1.54) is 12.8 Å². The maximum absolute atomic E-state index is 12.6. The fourth-order valence-corrected chi connectivity index (χ4v) is 4.63. The summed E-state index contributed by atoms with van der Waals surface area (Å²) in [7, 11) is 0. The third kappa shape index (κ3) is 3.62. The van der Waals surface area contributed by atoms with Gasteiger partial charge in [-0.25, -0.2) is 9.97 Å². The molecule has 1 atom stereocenters. The Morgan fingerprint density at radius 1 is 1.11 bits per heavy atom. The van der Waals surface area contributed by atoms with Gasteiger partial charge < -0.3 is 10.2 Å². The number of nitrogens with one attached hydrogen (secondary N) is 2. The highest BCUT2D eigenvalue weighted by atomic mass is 16.1. The van der Waals surface area contributed by atoms with Gasteiger partial charge in [-0.15, -0.1) is 0 Å². The second kappa shape index (κ2) is 7.53. The predicted octanol–water partition coefficient (Wildman–Crippen LogP) is 3.59. The lowest BCUT2D eigenvalue weighted by atomic mass is 9.94. The lowest BCUT2D eigenvalue weighted by Gasteiger charge is -2.33. The number of anilines is 2. The van der Waals surface area contributed by atoms with Gasteiger partial charge in [-0.1, -0.05) is 12.8 Å². The second-order valence-electron chi connectivity index (χ2n) is 8.50. The number of nitrogens with zero attached hydrogens (tertiary/aromatic N) is 4. The number of carbonyl (C=O) groups is 1. The van der Waals surface area contributed by atoms with Crippen molar-refractivity contribution in [1.29, 1.82) is 0 Å². The molecule has 1 saturated heterocycles. The van der Waals surface area contributed by atoms with Crippen LogP contribution in [-0.4, -0.2) is 39.2 Å². The number of hydrogen-bond acceptors (Lipinski definition) is 5. The summed E-state index contributed by atoms with van der Waals surface area (Å²) >= 11 is 0. The van der Waals surface area contributed by atoms with Crippen LogP contribution in [0.5, 0.6) is 0 Å². The summed E-state index contributed by atoms with van der Waals surface area (Å²) in [5.74, 6) is 3.20. The van der Waals surface area contributed by atoms with Crippen molar-refractivity contribution in [3.63, 3.8) is 0 Å². The Labute approximate surface area is 165 Å². The normalized spacial score (nSPS) is 23.1. The lowest BCUT2D eigenvalue weighted by molar-refractivity contribution is -0.119. The van der Waals surface area contributed by atoms with Crippen molar-refractivity contribution in [3.8, 4) is 0 Å². The SMILES string of the molecule is O=C(Nc1cn[nH]c1[C@@H]1CCCN(c2ccnc(C3CC3)n2)C1)C1CCCC1. The minimum atomic E-state index is 0.151. The zero-order chi connectivity index (χ0) is 18.9. The highest BCUT2D eigenvalue weighted by Crippen LogP contribution is 2.39. The van der Waals surface area contributed by atoms with Crippen molar-refractivity contribution in [2.24, 2.45) is 5.92 Å². The van der Waals surface area contributed by atoms with Gasteiger partial charge in [0.25, 0.3) is 0 Å². The number of rotatable bonds is 5. The largest absolute Gasteiger partial charge is 0.356 e. The summed E-state index contributed by atoms with van der Waals surface area (Å²) in [4.78, 5) is 24.2. The van der Waals surface area contributed by atoms with Gasteiger partial charge >= 0.3 is 0 Å². The van der Waals surface area contributed by atoms with Crippen molar-refractivity contribution in [2.75, 3.05) is 23.3 Å². The third-order valence-corrected chi connectivity index (χ3v) is 6.41. The first kappa shape index (κ1) is 17.6. The zero-order valence-electron chi connectivity index (χ0n) is 16.2. The van der Waals surface area contributed by atoms with Crippen molar-refractivity contribution in [1.82, 2.24) is 20.2 Å². The molecule has 0 bridgehead atoms. The maximum Gasteiger partial charge on any atom is 0.227 e. The Morgan fingerprint density at radius 3 is 2.79 bits per heavy atom. The zero-order valence-corrected chi connectivity index (χ0v) is 16.2. The molecule has 148 valence electrons. The van der Waals surface area contributed by atoms with Crippen LogP contribution in [0.3, 0.4) is 0 Å². The molecule has 1 aliphatic heterocycles. The molecule has 2 aromatic rings. The molecule has 0 radical (unpaired) electrons. The molecule has 2 aliphatic carbocycles. The first-order valence-electron chi connectivity index (χ1n) is 10.7. The van der Waals surface area contributed by atoms with E-state index in [9.17, 15) is 4.79 Å². The van der Waals surface area contributed by atoms with Crippen LogP contribution in [0.2, 0.25) is 0 Å². The number of aromatic nitrogens is 4. The van der Waals surface area contributed by atoms with Crippen molar-refractivity contribution in [2.45, 2.75) is 63.2 Å². The van der Waals surface area contributed by atoms with E-state index in [-0.39, 0.29) is 11.8 Å². The number of amides is 1. The first-order chi connectivity index (χ1) is 13.8. The maximum atomic E-state index is 12.6. The van der Waals surface area contributed by atoms with Crippen LogP contribution in [0.1, 0.15) is 74.7 Å². The highest BCUT2D eigenvalue weighted by molar-refractivity contribution is 5.93. The van der Waals surface area contributed by atoms with E-state index in [4.69, 9.17) is 4.98 Å². The van der Waals surface area contributed by atoms with Crippen LogP contribution in [0.25, 0.3) is 0 Å². The molecule has 0 aromatic carbocycles. The van der Waals surface area contributed by atoms with Gasteiger partial charge in [0, 0.05) is 37.0 Å². The Balaban J connectivity index is 1.29. The van der Waals surface area contributed by atoms with Crippen molar-refractivity contribution in [3.05, 3.63) is 30.0 Å². The molecule has 0 unspecified atom stereocenters. The minimum absolute atomic E-state index is 0.151. The fourth-order valence-electron chi connectivity index (χ4n) is 4.63. The highest BCUT2D eigenvalue weighted by Gasteiger charge is 2.30. The van der Waals surface area contributed by atoms with Crippen LogP contribution >= 0.6 is 0 Å². The molecule has 5 rings (SSSR count). The van der Waals surface area contributed by atoms with Crippen molar-refractivity contribution < 1.29 is 4.79 Å². The van der Waals surface area contributed by atoms with Gasteiger partial charge in [0.15, 0.2) is 0 Å². The molecular formula is C21H28N6O. The molecule has 3 heterocycles. The average Bonchev–Trinajstić information content (AvgIpc) is 3.24. The number of carbonyl (C=O) groups excluding carboxylic acids is 1. The van der Waals surface area contributed by atoms with Crippen LogP contribution < -0.4 is 10.2 Å². The number of H-pyrrole nitrogens is 1. The number of piperidine rings is 1. The van der Waals surface area contributed by atoms with E-state index in [1.54, 1.807) is 6.20 Å². The van der Waals surface area contributed by atoms with Crippen LogP contribution in [0.4, 0.5) is 11.5 Å². The Hall–Kier alpha value is -2.44. The van der Waals surface area contributed by atoms with Crippen LogP contribution in [0, 0.1) is 5.92 Å². The first-order valence-corrected chi connectivity index (χ1v) is 10.7. The van der Waals surface area contributed by atoms with Gasteiger partial charge in [0.2, 0.25) is 5.91 Å². The number of hydrogen-bond donors (Lipinski definition) is 2. The summed E-state index contributed by atoms with van der Waals surface area (Å²) in [6, 6.07) is 2.02. The van der Waals surface area contributed by atoms with E-state index in [2.05, 4.69) is 25.4 Å². The van der Waals surface area contributed by atoms with Gasteiger partial charge in [0.1, 0.15) is 11.6 Å². The van der Waals surface area contributed by atoms with Gasteiger partial charge in [-0.05, 0) is 44.6 Å². The second-order valence-corrected chi connectivity index (χ2v) is 8.50. The Kier molecular flexibility index (Phi) is 4.74. The molecule has 7 heteroatoms. The van der Waals surface area contributed by atoms with Gasteiger partial charge in [-0.2, -0.15) is 5.10 Å². The average molecular weight is 380 g/mol.